The zero-order valence-electron chi connectivity index (χ0n) is 11.4. The minimum absolute atomic E-state index is 0.0623. The van der Waals surface area contributed by atoms with Crippen LogP contribution in [0, 0.1) is 0 Å². The third kappa shape index (κ3) is 3.62. The fourth-order valence-corrected chi connectivity index (χ4v) is 2.92. The number of rotatable bonds is 5. The van der Waals surface area contributed by atoms with Gasteiger partial charge >= 0.3 is 0 Å². The predicted molar refractivity (Wildman–Crippen MR) is 84.2 cm³/mol. The summed E-state index contributed by atoms with van der Waals surface area (Å²) in [6.07, 6.45) is 2.22. The van der Waals surface area contributed by atoms with Crippen LogP contribution in [-0.4, -0.2) is 31.4 Å². The van der Waals surface area contributed by atoms with Gasteiger partial charge in [-0.2, -0.15) is 0 Å². The standard InChI is InChI=1S/C13H14BrN5OS/c1-8(12(20)15-10-4-2-9(14)3-5-10)21-13-16-17-18-19(13)11-6-7-11/h2-5,8,11H,6-7H2,1H3,(H,15,20). The van der Waals surface area contributed by atoms with Crippen LogP contribution in [0.3, 0.4) is 0 Å². The van der Waals surface area contributed by atoms with Crippen LogP contribution < -0.4 is 5.32 Å². The second kappa shape index (κ2) is 6.15. The van der Waals surface area contributed by atoms with Gasteiger partial charge in [0.15, 0.2) is 0 Å². The SMILES string of the molecule is CC(Sc1nnnn1C1CC1)C(=O)Nc1ccc(Br)cc1. The summed E-state index contributed by atoms with van der Waals surface area (Å²) in [7, 11) is 0. The van der Waals surface area contributed by atoms with Crippen LogP contribution in [0.1, 0.15) is 25.8 Å². The van der Waals surface area contributed by atoms with E-state index in [-0.39, 0.29) is 11.2 Å². The zero-order chi connectivity index (χ0) is 14.8. The maximum Gasteiger partial charge on any atom is 0.237 e. The van der Waals surface area contributed by atoms with Crippen molar-refractivity contribution in [3.05, 3.63) is 28.7 Å². The molecule has 1 aromatic heterocycles. The molecule has 1 unspecified atom stereocenters. The highest BCUT2D eigenvalue weighted by atomic mass is 79.9. The van der Waals surface area contributed by atoms with Crippen molar-refractivity contribution >= 4 is 39.3 Å². The summed E-state index contributed by atoms with van der Waals surface area (Å²) in [6, 6.07) is 7.90. The second-order valence-electron chi connectivity index (χ2n) is 4.89. The van der Waals surface area contributed by atoms with Crippen LogP contribution in [0.4, 0.5) is 5.69 Å². The van der Waals surface area contributed by atoms with Gasteiger partial charge in [-0.1, -0.05) is 27.7 Å². The summed E-state index contributed by atoms with van der Waals surface area (Å²) < 4.78 is 2.79. The molecular formula is C13H14BrN5OS. The molecule has 3 rings (SSSR count). The van der Waals surface area contributed by atoms with E-state index in [1.807, 2.05) is 35.9 Å². The van der Waals surface area contributed by atoms with Crippen molar-refractivity contribution in [3.63, 3.8) is 0 Å². The minimum Gasteiger partial charge on any atom is -0.325 e. The number of carbonyl (C=O) groups excluding carboxylic acids is 1. The quantitative estimate of drug-likeness (QED) is 0.822. The molecular weight excluding hydrogens is 354 g/mol. The number of hydrogen-bond donors (Lipinski definition) is 1. The van der Waals surface area contributed by atoms with Gasteiger partial charge < -0.3 is 5.32 Å². The van der Waals surface area contributed by atoms with E-state index >= 15 is 0 Å². The van der Waals surface area contributed by atoms with Crippen LogP contribution in [-0.2, 0) is 4.79 Å². The average Bonchev–Trinajstić information content (AvgIpc) is 3.21. The molecule has 6 nitrogen and oxygen atoms in total. The largest absolute Gasteiger partial charge is 0.325 e. The number of aromatic nitrogens is 4. The number of thioether (sulfide) groups is 1. The van der Waals surface area contributed by atoms with E-state index in [0.29, 0.717) is 11.2 Å². The van der Waals surface area contributed by atoms with Gasteiger partial charge in [0, 0.05) is 10.2 Å². The molecule has 1 atom stereocenters. The van der Waals surface area contributed by atoms with E-state index in [1.165, 1.54) is 11.8 Å². The van der Waals surface area contributed by atoms with E-state index in [0.717, 1.165) is 23.0 Å². The van der Waals surface area contributed by atoms with Crippen LogP contribution >= 0.6 is 27.7 Å². The molecule has 1 aliphatic rings. The van der Waals surface area contributed by atoms with Crippen LogP contribution in [0.15, 0.2) is 33.9 Å². The Morgan fingerprint density at radius 3 is 2.81 bits per heavy atom. The second-order valence-corrected chi connectivity index (χ2v) is 7.12. The molecule has 21 heavy (non-hydrogen) atoms. The molecule has 0 radical (unpaired) electrons. The highest BCUT2D eigenvalue weighted by Gasteiger charge is 2.29. The van der Waals surface area contributed by atoms with Crippen molar-refractivity contribution in [2.24, 2.45) is 0 Å². The number of halogens is 1. The van der Waals surface area contributed by atoms with Crippen molar-refractivity contribution in [3.8, 4) is 0 Å². The first-order valence-electron chi connectivity index (χ1n) is 6.64. The number of carbonyl (C=O) groups is 1. The fraction of sp³-hybridized carbons (Fsp3) is 0.385. The number of tetrazole rings is 1. The lowest BCUT2D eigenvalue weighted by Crippen LogP contribution is -2.22. The highest BCUT2D eigenvalue weighted by Crippen LogP contribution is 2.37. The molecule has 0 aliphatic heterocycles. The van der Waals surface area contributed by atoms with Gasteiger partial charge in [-0.25, -0.2) is 4.68 Å². The maximum absolute atomic E-state index is 12.2. The summed E-state index contributed by atoms with van der Waals surface area (Å²) in [5.41, 5.74) is 0.775. The summed E-state index contributed by atoms with van der Waals surface area (Å²) in [6.45, 7) is 1.85. The third-order valence-corrected chi connectivity index (χ3v) is 4.69. The number of amides is 1. The molecule has 110 valence electrons. The molecule has 1 amide bonds. The Hall–Kier alpha value is -1.41. The maximum atomic E-state index is 12.2. The molecule has 1 saturated carbocycles. The fourth-order valence-electron chi connectivity index (χ4n) is 1.80. The first-order valence-corrected chi connectivity index (χ1v) is 8.31. The Kier molecular flexibility index (Phi) is 4.25. The number of nitrogens with one attached hydrogen (secondary N) is 1. The number of nitrogens with zero attached hydrogens (tertiary/aromatic N) is 4. The first-order chi connectivity index (χ1) is 10.1. The molecule has 0 bridgehead atoms. The summed E-state index contributed by atoms with van der Waals surface area (Å²) in [5, 5.41) is 15.0. The average molecular weight is 368 g/mol. The molecule has 1 N–H and O–H groups in total. The van der Waals surface area contributed by atoms with Crippen molar-refractivity contribution in [1.82, 2.24) is 20.2 Å². The smallest absolute Gasteiger partial charge is 0.237 e. The van der Waals surface area contributed by atoms with E-state index < -0.39 is 0 Å². The normalized spacial score (nSPS) is 15.7. The summed E-state index contributed by atoms with van der Waals surface area (Å²) in [5.74, 6) is -0.0623. The molecule has 2 aromatic rings. The van der Waals surface area contributed by atoms with Gasteiger partial charge in [0.05, 0.1) is 11.3 Å². The Balaban J connectivity index is 1.61. The van der Waals surface area contributed by atoms with E-state index in [9.17, 15) is 4.79 Å². The molecule has 1 aromatic carbocycles. The minimum atomic E-state index is -0.267. The van der Waals surface area contributed by atoms with Gasteiger partial charge in [0.25, 0.3) is 0 Å². The lowest BCUT2D eigenvalue weighted by atomic mass is 10.3. The van der Waals surface area contributed by atoms with E-state index in [4.69, 9.17) is 0 Å². The molecule has 0 spiro atoms. The number of hydrogen-bond acceptors (Lipinski definition) is 5. The van der Waals surface area contributed by atoms with Crippen molar-refractivity contribution in [2.75, 3.05) is 5.32 Å². The Bertz CT molecular complexity index is 640. The van der Waals surface area contributed by atoms with Crippen LogP contribution in [0.2, 0.25) is 0 Å². The Morgan fingerprint density at radius 1 is 1.43 bits per heavy atom. The molecule has 8 heteroatoms. The third-order valence-electron chi connectivity index (χ3n) is 3.12. The van der Waals surface area contributed by atoms with E-state index in [2.05, 4.69) is 36.8 Å². The van der Waals surface area contributed by atoms with Crippen LogP contribution in [0.25, 0.3) is 0 Å². The lowest BCUT2D eigenvalue weighted by Gasteiger charge is -2.11. The molecule has 0 saturated heterocycles. The van der Waals surface area contributed by atoms with E-state index in [1.54, 1.807) is 0 Å². The highest BCUT2D eigenvalue weighted by molar-refractivity contribution is 9.10. The molecule has 1 aliphatic carbocycles. The monoisotopic (exact) mass is 367 g/mol. The van der Waals surface area contributed by atoms with Gasteiger partial charge in [0.2, 0.25) is 11.1 Å². The summed E-state index contributed by atoms with van der Waals surface area (Å²) >= 11 is 4.75. The summed E-state index contributed by atoms with van der Waals surface area (Å²) in [4.78, 5) is 12.2. The van der Waals surface area contributed by atoms with Gasteiger partial charge in [-0.05, 0) is 54.5 Å². The molecule has 1 heterocycles. The van der Waals surface area contributed by atoms with Crippen molar-refractivity contribution in [2.45, 2.75) is 36.2 Å². The Labute approximate surface area is 134 Å². The van der Waals surface area contributed by atoms with Gasteiger partial charge in [-0.15, -0.1) is 5.10 Å². The zero-order valence-corrected chi connectivity index (χ0v) is 13.8. The molecule has 1 fully saturated rings. The lowest BCUT2D eigenvalue weighted by molar-refractivity contribution is -0.115. The number of benzene rings is 1. The number of anilines is 1. The van der Waals surface area contributed by atoms with Crippen molar-refractivity contribution in [1.29, 1.82) is 0 Å². The topological polar surface area (TPSA) is 72.7 Å². The Morgan fingerprint density at radius 2 is 2.14 bits per heavy atom. The van der Waals surface area contributed by atoms with Crippen LogP contribution in [0.5, 0.6) is 0 Å². The van der Waals surface area contributed by atoms with Gasteiger partial charge in [-0.3, -0.25) is 4.79 Å². The van der Waals surface area contributed by atoms with Crippen molar-refractivity contribution < 1.29 is 4.79 Å². The van der Waals surface area contributed by atoms with Gasteiger partial charge in [0.1, 0.15) is 0 Å². The first kappa shape index (κ1) is 14.5. The predicted octanol–water partition coefficient (Wildman–Crippen LogP) is 2.89.